The van der Waals surface area contributed by atoms with Gasteiger partial charge < -0.3 is 62.7 Å². The van der Waals surface area contributed by atoms with Crippen molar-refractivity contribution in [2.24, 2.45) is 17.8 Å². The standard InChI is InChI=1S/C47H70O14/c1-10-25(2)35-15-12-18-46(61-35)23-33-20-32(60-46)17-16-27(4)42(26(3)13-11-14-31-24-54-44-40(48)28(5)19-34(45(50)57-33)47(31,44)51)58-39-22-37(53-9)43(30(7)56-39)59-38-21-36(52-8)41(49)29(6)55-38/h11-14,16,18-19,25-26,29-30,32-44,48-49,51H,10,15,17,20-24H2,1-9H3/b13-11+,27-16+,31-14+. The average molecular weight is 859 g/mol. The summed E-state index contributed by atoms with van der Waals surface area (Å²) in [5.74, 6) is -2.68. The van der Waals surface area contributed by atoms with Crippen molar-refractivity contribution in [3.63, 3.8) is 0 Å². The van der Waals surface area contributed by atoms with E-state index in [1.807, 2.05) is 32.1 Å². The van der Waals surface area contributed by atoms with Gasteiger partial charge in [0.15, 0.2) is 18.4 Å². The van der Waals surface area contributed by atoms with Gasteiger partial charge in [0.2, 0.25) is 0 Å². The summed E-state index contributed by atoms with van der Waals surface area (Å²) < 4.78 is 63.4. The minimum absolute atomic E-state index is 0.0335. The highest BCUT2D eigenvalue weighted by molar-refractivity contribution is 5.78. The van der Waals surface area contributed by atoms with Crippen molar-refractivity contribution in [2.75, 3.05) is 20.8 Å². The number of carbonyl (C=O) groups is 1. The third-order valence-corrected chi connectivity index (χ3v) is 14.2. The summed E-state index contributed by atoms with van der Waals surface area (Å²) in [6.45, 7) is 13.9. The van der Waals surface area contributed by atoms with Crippen LogP contribution in [0.1, 0.15) is 93.4 Å². The summed E-state index contributed by atoms with van der Waals surface area (Å²) in [6, 6.07) is 0. The molecule has 14 heteroatoms. The Morgan fingerprint density at radius 1 is 0.918 bits per heavy atom. The van der Waals surface area contributed by atoms with Crippen LogP contribution in [0.5, 0.6) is 0 Å². The first kappa shape index (κ1) is 46.7. The SMILES string of the molecule is CCC(C)C1CC=CC2(CC3CC(C/C=C(\C)C(OC4CC(OC)C(OC5CC(OC)C(O)C(C)O5)C(C)O4)C(C)/C=C/C=C4\COC5C(O)C(C)=CC(C(=O)O3)C45O)O2)O1. The number of fused-ring (bicyclic) bond motifs is 2. The van der Waals surface area contributed by atoms with Crippen LogP contribution in [0.2, 0.25) is 0 Å². The predicted octanol–water partition coefficient (Wildman–Crippen LogP) is 5.13. The van der Waals surface area contributed by atoms with Gasteiger partial charge in [-0.05, 0) is 69.2 Å². The monoisotopic (exact) mass is 858 g/mol. The second-order valence-corrected chi connectivity index (χ2v) is 18.4. The van der Waals surface area contributed by atoms with E-state index in [1.54, 1.807) is 40.2 Å². The molecule has 14 nitrogen and oxygen atoms in total. The number of esters is 1. The smallest absolute Gasteiger partial charge is 0.316 e. The molecular formula is C47H70O14. The Hall–Kier alpha value is -2.31. The lowest BCUT2D eigenvalue weighted by Gasteiger charge is -2.47. The van der Waals surface area contributed by atoms with Gasteiger partial charge in [-0.2, -0.15) is 0 Å². The maximum absolute atomic E-state index is 14.3. The maximum Gasteiger partial charge on any atom is 0.316 e. The molecule has 4 saturated heterocycles. The molecule has 6 heterocycles. The van der Waals surface area contributed by atoms with Crippen LogP contribution >= 0.6 is 0 Å². The Morgan fingerprint density at radius 2 is 1.64 bits per heavy atom. The van der Waals surface area contributed by atoms with Crippen LogP contribution in [0.15, 0.2) is 59.3 Å². The third kappa shape index (κ3) is 9.72. The molecule has 19 unspecified atom stereocenters. The molecule has 61 heavy (non-hydrogen) atoms. The number of rotatable bonds is 8. The van der Waals surface area contributed by atoms with Gasteiger partial charge in [0.1, 0.15) is 42.0 Å². The molecule has 1 aliphatic carbocycles. The number of methoxy groups -OCH3 is 2. The number of hydrogen-bond donors (Lipinski definition) is 3. The Labute approximate surface area is 361 Å². The third-order valence-electron chi connectivity index (χ3n) is 14.2. The zero-order chi connectivity index (χ0) is 43.8. The molecule has 0 aromatic rings. The van der Waals surface area contributed by atoms with Crippen LogP contribution < -0.4 is 0 Å². The molecule has 1 spiro atoms. The van der Waals surface area contributed by atoms with Crippen LogP contribution in [-0.4, -0.2) is 139 Å². The van der Waals surface area contributed by atoms with E-state index in [1.165, 1.54) is 0 Å². The Morgan fingerprint density at radius 3 is 2.38 bits per heavy atom. The number of ether oxygens (including phenoxy) is 10. The molecule has 3 N–H and O–H groups in total. The summed E-state index contributed by atoms with van der Waals surface area (Å²) in [6.07, 6.45) is 9.35. The Balaban J connectivity index is 1.17. The molecular weight excluding hydrogens is 789 g/mol. The first-order chi connectivity index (χ1) is 29.1. The molecule has 0 saturated carbocycles. The largest absolute Gasteiger partial charge is 0.462 e. The average Bonchev–Trinajstić information content (AvgIpc) is 3.57. The summed E-state index contributed by atoms with van der Waals surface area (Å²) in [5, 5.41) is 34.2. The zero-order valence-corrected chi connectivity index (χ0v) is 37.3. The van der Waals surface area contributed by atoms with Crippen LogP contribution in [0.3, 0.4) is 0 Å². The van der Waals surface area contributed by atoms with Gasteiger partial charge in [0.05, 0.1) is 49.3 Å². The van der Waals surface area contributed by atoms with Crippen LogP contribution in [0, 0.1) is 17.8 Å². The molecule has 0 aromatic carbocycles. The molecule has 0 aromatic heterocycles. The fourth-order valence-electron chi connectivity index (χ4n) is 10.2. The van der Waals surface area contributed by atoms with Crippen molar-refractivity contribution in [3.05, 3.63) is 59.3 Å². The lowest BCUT2D eigenvalue weighted by molar-refractivity contribution is -0.318. The molecule has 4 fully saturated rings. The second-order valence-electron chi connectivity index (χ2n) is 18.4. The Bertz CT molecular complexity index is 1690. The molecule has 19 atom stereocenters. The molecule has 7 aliphatic rings. The lowest BCUT2D eigenvalue weighted by Crippen LogP contribution is -2.58. The van der Waals surface area contributed by atoms with Gasteiger partial charge in [-0.1, -0.05) is 63.6 Å². The van der Waals surface area contributed by atoms with Crippen LogP contribution in [-0.2, 0) is 52.2 Å². The van der Waals surface area contributed by atoms with Crippen molar-refractivity contribution >= 4 is 5.97 Å². The van der Waals surface area contributed by atoms with E-state index in [9.17, 15) is 20.1 Å². The number of aliphatic hydroxyl groups excluding tert-OH is 2. The number of aliphatic hydroxyl groups is 3. The van der Waals surface area contributed by atoms with Crippen molar-refractivity contribution < 1.29 is 67.5 Å². The van der Waals surface area contributed by atoms with E-state index in [-0.39, 0.29) is 36.8 Å². The van der Waals surface area contributed by atoms with Crippen molar-refractivity contribution in [2.45, 2.75) is 191 Å². The Kier molecular flexibility index (Phi) is 14.9. The van der Waals surface area contributed by atoms with Crippen molar-refractivity contribution in [3.8, 4) is 0 Å². The molecule has 0 radical (unpaired) electrons. The zero-order valence-electron chi connectivity index (χ0n) is 37.3. The van der Waals surface area contributed by atoms with Crippen molar-refractivity contribution in [1.82, 2.24) is 0 Å². The lowest BCUT2D eigenvalue weighted by atomic mass is 9.71. The highest BCUT2D eigenvalue weighted by Gasteiger charge is 2.60. The summed E-state index contributed by atoms with van der Waals surface area (Å²) in [7, 11) is 3.22. The normalized spacial score (nSPS) is 48.5. The highest BCUT2D eigenvalue weighted by atomic mass is 16.7. The van der Waals surface area contributed by atoms with Gasteiger partial charge in [-0.15, -0.1) is 0 Å². The van der Waals surface area contributed by atoms with E-state index in [0.29, 0.717) is 43.3 Å². The van der Waals surface area contributed by atoms with Gasteiger partial charge in [-0.3, -0.25) is 4.79 Å². The molecule has 7 rings (SSSR count). The van der Waals surface area contributed by atoms with Crippen molar-refractivity contribution in [1.29, 1.82) is 0 Å². The molecule has 342 valence electrons. The van der Waals surface area contributed by atoms with E-state index in [2.05, 4.69) is 32.9 Å². The van der Waals surface area contributed by atoms with Gasteiger partial charge in [0, 0.05) is 45.8 Å². The highest BCUT2D eigenvalue weighted by Crippen LogP contribution is 2.47. The first-order valence-electron chi connectivity index (χ1n) is 22.4. The first-order valence-corrected chi connectivity index (χ1v) is 22.4. The van der Waals surface area contributed by atoms with E-state index in [0.717, 1.165) is 18.4 Å². The topological polar surface area (TPSA) is 170 Å². The van der Waals surface area contributed by atoms with E-state index in [4.69, 9.17) is 47.4 Å². The number of allylic oxidation sites excluding steroid dienone is 2. The van der Waals surface area contributed by atoms with Gasteiger partial charge >= 0.3 is 5.97 Å². The summed E-state index contributed by atoms with van der Waals surface area (Å²) in [5.41, 5.74) is 0.141. The van der Waals surface area contributed by atoms with Gasteiger partial charge in [0.25, 0.3) is 0 Å². The van der Waals surface area contributed by atoms with E-state index >= 15 is 0 Å². The minimum Gasteiger partial charge on any atom is -0.462 e. The molecule has 0 amide bonds. The molecule has 6 aliphatic heterocycles. The number of carbonyl (C=O) groups excluding carboxylic acids is 1. The van der Waals surface area contributed by atoms with Crippen LogP contribution in [0.4, 0.5) is 0 Å². The van der Waals surface area contributed by atoms with Crippen LogP contribution in [0.25, 0.3) is 0 Å². The second kappa shape index (κ2) is 19.4. The quantitative estimate of drug-likeness (QED) is 0.217. The predicted molar refractivity (Wildman–Crippen MR) is 223 cm³/mol. The van der Waals surface area contributed by atoms with Gasteiger partial charge in [-0.25, -0.2) is 0 Å². The van der Waals surface area contributed by atoms with E-state index < -0.39 is 90.8 Å². The summed E-state index contributed by atoms with van der Waals surface area (Å²) >= 11 is 0. The summed E-state index contributed by atoms with van der Waals surface area (Å²) in [4.78, 5) is 14.3. The molecule has 2 bridgehead atoms. The fraction of sp³-hybridized carbons (Fsp3) is 0.766. The number of hydrogen-bond acceptors (Lipinski definition) is 14. The maximum atomic E-state index is 14.3. The minimum atomic E-state index is -1.83. The fourth-order valence-corrected chi connectivity index (χ4v) is 10.2.